The van der Waals surface area contributed by atoms with Gasteiger partial charge in [-0.2, -0.15) is 0 Å². The van der Waals surface area contributed by atoms with Crippen LogP contribution >= 0.6 is 24.0 Å². The number of aliphatic hydroxyl groups excluding tert-OH is 1. The van der Waals surface area contributed by atoms with Gasteiger partial charge in [-0.15, -0.1) is 24.0 Å². The Morgan fingerprint density at radius 2 is 2.20 bits per heavy atom. The van der Waals surface area contributed by atoms with E-state index < -0.39 is 0 Å². The molecule has 7 heteroatoms. The highest BCUT2D eigenvalue weighted by atomic mass is 127. The van der Waals surface area contributed by atoms with Gasteiger partial charge in [0.25, 0.3) is 0 Å². The molecule has 1 saturated heterocycles. The summed E-state index contributed by atoms with van der Waals surface area (Å²) in [5.41, 5.74) is 1.85. The summed E-state index contributed by atoms with van der Waals surface area (Å²) in [6, 6.07) is 7.78. The van der Waals surface area contributed by atoms with Gasteiger partial charge in [0, 0.05) is 31.7 Å². The molecule has 1 aliphatic heterocycles. The molecule has 1 amide bonds. The van der Waals surface area contributed by atoms with E-state index in [4.69, 9.17) is 0 Å². The number of benzene rings is 1. The number of β-amino-alcohol motifs (C(OH)–C–C–N with tert-alkyl or cyclic N) is 1. The number of guanidine groups is 1. The average Bonchev–Trinajstić information content (AvgIpc) is 2.98. The molecular weight excluding hydrogens is 431 g/mol. The maximum atomic E-state index is 11.7. The minimum atomic E-state index is -0.272. The number of hydrogen-bond acceptors (Lipinski definition) is 3. The van der Waals surface area contributed by atoms with Crippen LogP contribution in [-0.4, -0.2) is 47.6 Å². The number of likely N-dealkylation sites (tertiary alicyclic amines) is 1. The van der Waals surface area contributed by atoms with E-state index in [1.54, 1.807) is 0 Å². The van der Waals surface area contributed by atoms with Crippen LogP contribution in [0, 0.1) is 0 Å². The lowest BCUT2D eigenvalue weighted by molar-refractivity contribution is -0.116. The van der Waals surface area contributed by atoms with Gasteiger partial charge in [0.05, 0.1) is 12.6 Å². The molecule has 2 rings (SSSR count). The summed E-state index contributed by atoms with van der Waals surface area (Å²) in [5, 5.41) is 15.9. The highest BCUT2D eigenvalue weighted by Crippen LogP contribution is 2.13. The van der Waals surface area contributed by atoms with Crippen molar-refractivity contribution in [3.8, 4) is 0 Å². The van der Waals surface area contributed by atoms with Crippen molar-refractivity contribution in [2.75, 3.05) is 25.0 Å². The topological polar surface area (TPSA) is 77.0 Å². The summed E-state index contributed by atoms with van der Waals surface area (Å²) < 4.78 is 0. The fourth-order valence-electron chi connectivity index (χ4n) is 2.72. The predicted molar refractivity (Wildman–Crippen MR) is 112 cm³/mol. The number of carbonyl (C=O) groups is 1. The van der Waals surface area contributed by atoms with Crippen LogP contribution in [0.2, 0.25) is 0 Å². The third-order valence-corrected chi connectivity index (χ3v) is 3.90. The van der Waals surface area contributed by atoms with Crippen LogP contribution in [0.3, 0.4) is 0 Å². The third kappa shape index (κ3) is 7.19. The monoisotopic (exact) mass is 460 g/mol. The number of hydrogen-bond donors (Lipinski definition) is 3. The lowest BCUT2D eigenvalue weighted by atomic mass is 10.2. The molecule has 3 N–H and O–H groups in total. The molecule has 1 aromatic rings. The summed E-state index contributed by atoms with van der Waals surface area (Å²) in [7, 11) is 0. The summed E-state index contributed by atoms with van der Waals surface area (Å²) in [5.74, 6) is 0.868. The molecule has 1 aromatic carbocycles. The Balaban J connectivity index is 0.00000312. The van der Waals surface area contributed by atoms with Crippen molar-refractivity contribution in [2.45, 2.75) is 45.8 Å². The number of nitrogens with one attached hydrogen (secondary N) is 2. The molecule has 140 valence electrons. The zero-order valence-corrected chi connectivity index (χ0v) is 17.3. The molecule has 1 atom stereocenters. The second-order valence-electron chi connectivity index (χ2n) is 6.06. The smallest absolute Gasteiger partial charge is 0.224 e. The number of aliphatic imine (C=N–C) groups is 1. The first kappa shape index (κ1) is 21.7. The third-order valence-electron chi connectivity index (χ3n) is 3.90. The Hall–Kier alpha value is -1.35. The van der Waals surface area contributed by atoms with Gasteiger partial charge in [-0.25, -0.2) is 4.99 Å². The number of anilines is 1. The Morgan fingerprint density at radius 3 is 2.84 bits per heavy atom. The minimum Gasteiger partial charge on any atom is -0.391 e. The van der Waals surface area contributed by atoms with Gasteiger partial charge in [0.15, 0.2) is 5.96 Å². The SMILES string of the molecule is CCCC(=O)Nc1cccc(CN=C(NCC)N2CC[C@@H](O)C2)c1.I. The van der Waals surface area contributed by atoms with E-state index in [0.29, 0.717) is 19.5 Å². The minimum absolute atomic E-state index is 0. The van der Waals surface area contributed by atoms with Gasteiger partial charge in [-0.1, -0.05) is 19.1 Å². The molecule has 0 aliphatic carbocycles. The lowest BCUT2D eigenvalue weighted by Gasteiger charge is -2.21. The Morgan fingerprint density at radius 1 is 1.40 bits per heavy atom. The maximum absolute atomic E-state index is 11.7. The summed E-state index contributed by atoms with van der Waals surface area (Å²) in [6.07, 6.45) is 1.88. The Bertz CT molecular complexity index is 580. The molecule has 0 radical (unpaired) electrons. The number of rotatable bonds is 6. The molecule has 25 heavy (non-hydrogen) atoms. The molecular formula is C18H29IN4O2. The van der Waals surface area contributed by atoms with E-state index >= 15 is 0 Å². The highest BCUT2D eigenvalue weighted by molar-refractivity contribution is 14.0. The van der Waals surface area contributed by atoms with Crippen molar-refractivity contribution >= 4 is 41.5 Å². The second kappa shape index (κ2) is 11.3. The number of amides is 1. The fourth-order valence-corrected chi connectivity index (χ4v) is 2.72. The Kier molecular flexibility index (Phi) is 9.81. The molecule has 0 aromatic heterocycles. The molecule has 1 fully saturated rings. The summed E-state index contributed by atoms with van der Waals surface area (Å²) in [4.78, 5) is 18.4. The van der Waals surface area contributed by atoms with E-state index in [0.717, 1.165) is 43.1 Å². The van der Waals surface area contributed by atoms with Crippen molar-refractivity contribution < 1.29 is 9.90 Å². The van der Waals surface area contributed by atoms with Crippen molar-refractivity contribution in [2.24, 2.45) is 4.99 Å². The van der Waals surface area contributed by atoms with E-state index in [1.807, 2.05) is 38.1 Å². The van der Waals surface area contributed by atoms with Crippen LogP contribution in [0.4, 0.5) is 5.69 Å². The summed E-state index contributed by atoms with van der Waals surface area (Å²) in [6.45, 7) is 6.79. The first-order valence-electron chi connectivity index (χ1n) is 8.72. The number of carbonyl (C=O) groups excluding carboxylic acids is 1. The van der Waals surface area contributed by atoms with Crippen molar-refractivity contribution in [1.82, 2.24) is 10.2 Å². The molecule has 1 heterocycles. The van der Waals surface area contributed by atoms with Crippen LogP contribution in [0.5, 0.6) is 0 Å². The van der Waals surface area contributed by atoms with Gasteiger partial charge < -0.3 is 20.6 Å². The molecule has 0 spiro atoms. The first-order valence-corrected chi connectivity index (χ1v) is 8.72. The van der Waals surface area contributed by atoms with E-state index in [2.05, 4.69) is 20.5 Å². The van der Waals surface area contributed by atoms with Crippen LogP contribution in [0.1, 0.15) is 38.7 Å². The van der Waals surface area contributed by atoms with Crippen molar-refractivity contribution in [3.05, 3.63) is 29.8 Å². The fraction of sp³-hybridized carbons (Fsp3) is 0.556. The lowest BCUT2D eigenvalue weighted by Crippen LogP contribution is -2.40. The first-order chi connectivity index (χ1) is 11.6. The van der Waals surface area contributed by atoms with Gasteiger partial charge in [-0.3, -0.25) is 4.79 Å². The standard InChI is InChI=1S/C18H28N4O2.HI/c1-3-6-17(24)21-15-8-5-7-14(11-15)12-20-18(19-4-2)22-10-9-16(23)13-22;/h5,7-8,11,16,23H,3-4,6,9-10,12-13H2,1-2H3,(H,19,20)(H,21,24);1H/t16-;/m1./s1. The van der Waals surface area contributed by atoms with Gasteiger partial charge >= 0.3 is 0 Å². The van der Waals surface area contributed by atoms with Gasteiger partial charge in [0.2, 0.25) is 5.91 Å². The molecule has 0 bridgehead atoms. The van der Waals surface area contributed by atoms with Crippen LogP contribution < -0.4 is 10.6 Å². The normalized spacial score (nSPS) is 17.2. The molecule has 0 saturated carbocycles. The largest absolute Gasteiger partial charge is 0.391 e. The maximum Gasteiger partial charge on any atom is 0.224 e. The van der Waals surface area contributed by atoms with E-state index in [1.165, 1.54) is 0 Å². The second-order valence-corrected chi connectivity index (χ2v) is 6.06. The zero-order chi connectivity index (χ0) is 17.4. The zero-order valence-electron chi connectivity index (χ0n) is 15.0. The number of halogens is 1. The van der Waals surface area contributed by atoms with Crippen molar-refractivity contribution in [3.63, 3.8) is 0 Å². The van der Waals surface area contributed by atoms with E-state index in [-0.39, 0.29) is 36.0 Å². The molecule has 0 unspecified atom stereocenters. The average molecular weight is 460 g/mol. The number of nitrogens with zero attached hydrogens (tertiary/aromatic N) is 2. The van der Waals surface area contributed by atoms with Crippen LogP contribution in [0.25, 0.3) is 0 Å². The van der Waals surface area contributed by atoms with Crippen molar-refractivity contribution in [1.29, 1.82) is 0 Å². The van der Waals surface area contributed by atoms with Crippen LogP contribution in [0.15, 0.2) is 29.3 Å². The quantitative estimate of drug-likeness (QED) is 0.347. The summed E-state index contributed by atoms with van der Waals surface area (Å²) >= 11 is 0. The highest BCUT2D eigenvalue weighted by Gasteiger charge is 2.22. The van der Waals surface area contributed by atoms with Gasteiger partial charge in [0.1, 0.15) is 0 Å². The van der Waals surface area contributed by atoms with Crippen LogP contribution in [-0.2, 0) is 11.3 Å². The molecule has 1 aliphatic rings. The molecule has 6 nitrogen and oxygen atoms in total. The number of aliphatic hydroxyl groups is 1. The van der Waals surface area contributed by atoms with E-state index in [9.17, 15) is 9.90 Å². The Labute approximate surface area is 167 Å². The van der Waals surface area contributed by atoms with Gasteiger partial charge in [-0.05, 0) is 37.5 Å². The predicted octanol–water partition coefficient (Wildman–Crippen LogP) is 2.58.